The predicted octanol–water partition coefficient (Wildman–Crippen LogP) is 3.41. The zero-order valence-corrected chi connectivity index (χ0v) is 20.4. The van der Waals surface area contributed by atoms with Crippen LogP contribution in [0, 0.1) is 23.2 Å². The highest BCUT2D eigenvalue weighted by molar-refractivity contribution is 6.76. The van der Waals surface area contributed by atoms with Crippen molar-refractivity contribution in [2.75, 3.05) is 6.61 Å². The third kappa shape index (κ3) is 8.29. The van der Waals surface area contributed by atoms with Crippen molar-refractivity contribution in [3.05, 3.63) is 0 Å². The Kier molecular flexibility index (Phi) is 10.3. The lowest BCUT2D eigenvalue weighted by atomic mass is 10.0. The van der Waals surface area contributed by atoms with Crippen molar-refractivity contribution in [3.63, 3.8) is 0 Å². The molecule has 0 aliphatic carbocycles. The minimum Gasteiger partial charge on any atom is -0.456 e. The van der Waals surface area contributed by atoms with E-state index in [9.17, 15) is 14.4 Å². The molecule has 1 saturated heterocycles. The first-order valence-corrected chi connectivity index (χ1v) is 10.8. The fourth-order valence-electron chi connectivity index (χ4n) is 2.22. The van der Waals surface area contributed by atoms with Crippen LogP contribution in [0.15, 0.2) is 0 Å². The lowest BCUT2D eigenvalue weighted by molar-refractivity contribution is -0.266. The molecule has 31 heavy (non-hydrogen) atoms. The van der Waals surface area contributed by atoms with Crippen LogP contribution in [-0.4, -0.2) is 58.8 Å². The average molecular weight is 505 g/mol. The Morgan fingerprint density at radius 1 is 0.806 bits per heavy atom. The van der Waals surface area contributed by atoms with Gasteiger partial charge >= 0.3 is 17.9 Å². The van der Waals surface area contributed by atoms with Gasteiger partial charge in [-0.25, -0.2) is 0 Å². The third-order valence-corrected chi connectivity index (χ3v) is 4.58. The molecule has 1 N–H and O–H groups in total. The molecule has 1 aliphatic rings. The SMILES string of the molecule is CC(C)C(=O)O[C@@H]1[C@@H](OC(=O)C(C)C)[C@H](OC(=N)C(Cl)(Cl)Cl)OC[C@@H]1OC(=O)C(C)C. The fraction of sp³-hybridized carbons (Fsp3) is 0.789. The number of esters is 3. The van der Waals surface area contributed by atoms with Crippen molar-refractivity contribution in [2.24, 2.45) is 17.8 Å². The summed E-state index contributed by atoms with van der Waals surface area (Å²) in [7, 11) is 0. The van der Waals surface area contributed by atoms with Crippen molar-refractivity contribution in [2.45, 2.75) is 69.9 Å². The van der Waals surface area contributed by atoms with Gasteiger partial charge in [0.25, 0.3) is 3.79 Å². The Hall–Kier alpha value is -1.29. The fourth-order valence-corrected chi connectivity index (χ4v) is 2.36. The maximum atomic E-state index is 12.3. The van der Waals surface area contributed by atoms with Crippen molar-refractivity contribution in [1.29, 1.82) is 5.41 Å². The molecule has 0 saturated carbocycles. The molecule has 178 valence electrons. The molecule has 0 radical (unpaired) electrons. The topological polar surface area (TPSA) is 121 Å². The van der Waals surface area contributed by atoms with Gasteiger partial charge in [0.2, 0.25) is 18.3 Å². The number of nitrogens with one attached hydrogen (secondary N) is 1. The number of hydrogen-bond donors (Lipinski definition) is 1. The van der Waals surface area contributed by atoms with Gasteiger partial charge in [-0.15, -0.1) is 0 Å². The summed E-state index contributed by atoms with van der Waals surface area (Å²) < 4.78 is 25.0. The highest BCUT2D eigenvalue weighted by Gasteiger charge is 2.50. The number of ether oxygens (including phenoxy) is 5. The quantitative estimate of drug-likeness (QED) is 0.184. The van der Waals surface area contributed by atoms with Crippen molar-refractivity contribution in [1.82, 2.24) is 0 Å². The number of rotatable bonds is 7. The third-order valence-electron chi connectivity index (χ3n) is 4.06. The van der Waals surface area contributed by atoms with Crippen LogP contribution in [-0.2, 0) is 38.1 Å². The van der Waals surface area contributed by atoms with Crippen LogP contribution >= 0.6 is 34.8 Å². The predicted molar refractivity (Wildman–Crippen MR) is 113 cm³/mol. The lowest BCUT2D eigenvalue weighted by Gasteiger charge is -2.41. The van der Waals surface area contributed by atoms with E-state index in [0.29, 0.717) is 0 Å². The van der Waals surface area contributed by atoms with Crippen LogP contribution in [0.1, 0.15) is 41.5 Å². The monoisotopic (exact) mass is 503 g/mol. The molecule has 0 bridgehead atoms. The van der Waals surface area contributed by atoms with Gasteiger partial charge < -0.3 is 23.7 Å². The normalized spacial score (nSPS) is 24.1. The summed E-state index contributed by atoms with van der Waals surface area (Å²) in [6.07, 6.45) is -5.22. The first-order valence-electron chi connectivity index (χ1n) is 9.70. The second kappa shape index (κ2) is 11.5. The zero-order valence-electron chi connectivity index (χ0n) is 18.1. The van der Waals surface area contributed by atoms with E-state index < -0.39 is 70.0 Å². The number of carbonyl (C=O) groups excluding carboxylic acids is 3. The molecular formula is C19H28Cl3NO8. The largest absolute Gasteiger partial charge is 0.456 e. The summed E-state index contributed by atoms with van der Waals surface area (Å²) in [4.78, 5) is 36.8. The minimum absolute atomic E-state index is 0.276. The average Bonchev–Trinajstić information content (AvgIpc) is 2.64. The summed E-state index contributed by atoms with van der Waals surface area (Å²) in [5.74, 6) is -4.19. The second-order valence-corrected chi connectivity index (χ2v) is 10.2. The molecule has 9 nitrogen and oxygen atoms in total. The molecule has 4 atom stereocenters. The molecule has 0 amide bonds. The summed E-state index contributed by atoms with van der Waals surface area (Å²) in [5, 5.41) is 7.80. The van der Waals surface area contributed by atoms with Gasteiger partial charge in [0.05, 0.1) is 24.4 Å². The van der Waals surface area contributed by atoms with Crippen molar-refractivity contribution in [3.8, 4) is 0 Å². The molecule has 0 aromatic heterocycles. The Morgan fingerprint density at radius 2 is 1.23 bits per heavy atom. The Bertz CT molecular complexity index is 678. The molecular weight excluding hydrogens is 477 g/mol. The van der Waals surface area contributed by atoms with E-state index >= 15 is 0 Å². The van der Waals surface area contributed by atoms with E-state index in [1.54, 1.807) is 41.5 Å². The van der Waals surface area contributed by atoms with Gasteiger partial charge in [-0.1, -0.05) is 76.3 Å². The van der Waals surface area contributed by atoms with E-state index in [-0.39, 0.29) is 6.61 Å². The highest BCUT2D eigenvalue weighted by atomic mass is 35.6. The van der Waals surface area contributed by atoms with Gasteiger partial charge in [0.15, 0.2) is 12.2 Å². The Labute approximate surface area is 196 Å². The lowest BCUT2D eigenvalue weighted by Crippen LogP contribution is -2.59. The first kappa shape index (κ1) is 27.7. The Balaban J connectivity index is 3.30. The van der Waals surface area contributed by atoms with Crippen LogP contribution in [0.4, 0.5) is 0 Å². The molecule has 0 unspecified atom stereocenters. The molecule has 1 aliphatic heterocycles. The number of carbonyl (C=O) groups is 3. The maximum absolute atomic E-state index is 12.3. The molecule has 0 aromatic carbocycles. The molecule has 1 rings (SSSR count). The molecule has 0 spiro atoms. The second-order valence-electron chi connectivity index (χ2n) is 7.89. The van der Waals surface area contributed by atoms with E-state index in [1.165, 1.54) is 0 Å². The number of halogens is 3. The zero-order chi connectivity index (χ0) is 24.1. The van der Waals surface area contributed by atoms with Crippen LogP contribution < -0.4 is 0 Å². The molecule has 1 heterocycles. The van der Waals surface area contributed by atoms with Gasteiger partial charge in [-0.05, 0) is 0 Å². The minimum atomic E-state index is -2.21. The van der Waals surface area contributed by atoms with E-state index in [0.717, 1.165) is 0 Å². The first-order chi connectivity index (χ1) is 14.1. The van der Waals surface area contributed by atoms with E-state index in [1.807, 2.05) is 0 Å². The number of alkyl halides is 3. The molecule has 1 fully saturated rings. The van der Waals surface area contributed by atoms with Crippen molar-refractivity contribution < 1.29 is 38.1 Å². The van der Waals surface area contributed by atoms with Crippen LogP contribution in [0.2, 0.25) is 0 Å². The molecule has 12 heteroatoms. The highest BCUT2D eigenvalue weighted by Crippen LogP contribution is 2.32. The van der Waals surface area contributed by atoms with Crippen LogP contribution in [0.5, 0.6) is 0 Å². The van der Waals surface area contributed by atoms with Crippen molar-refractivity contribution >= 4 is 58.6 Å². The number of hydrogen-bond acceptors (Lipinski definition) is 9. The van der Waals surface area contributed by atoms with E-state index in [2.05, 4.69) is 0 Å². The Morgan fingerprint density at radius 3 is 1.65 bits per heavy atom. The van der Waals surface area contributed by atoms with Gasteiger partial charge in [-0.3, -0.25) is 19.8 Å². The standard InChI is InChI=1S/C19H28Cl3NO8/c1-8(2)14(24)28-11-7-27-17(31-18(23)19(20,21)22)13(30-16(26)10(5)6)12(11)29-15(25)9(3)4/h8-13,17,23H,7H2,1-6H3/t11-,12-,13+,17-/m0/s1. The smallest absolute Gasteiger partial charge is 0.309 e. The van der Waals surface area contributed by atoms with Gasteiger partial charge in [-0.2, -0.15) is 0 Å². The summed E-state index contributed by atoms with van der Waals surface area (Å²) in [6, 6.07) is 0. The van der Waals surface area contributed by atoms with Gasteiger partial charge in [0, 0.05) is 0 Å². The summed E-state index contributed by atoms with van der Waals surface area (Å²) >= 11 is 17.0. The van der Waals surface area contributed by atoms with E-state index in [4.69, 9.17) is 63.9 Å². The maximum Gasteiger partial charge on any atom is 0.309 e. The van der Waals surface area contributed by atoms with Crippen LogP contribution in [0.3, 0.4) is 0 Å². The summed E-state index contributed by atoms with van der Waals surface area (Å²) in [6.45, 7) is 9.39. The molecule has 0 aromatic rings. The summed E-state index contributed by atoms with van der Waals surface area (Å²) in [5.41, 5.74) is 0. The van der Waals surface area contributed by atoms with Crippen LogP contribution in [0.25, 0.3) is 0 Å². The van der Waals surface area contributed by atoms with Gasteiger partial charge in [0.1, 0.15) is 0 Å².